The molecule has 1 unspecified atom stereocenters. The van der Waals surface area contributed by atoms with Crippen LogP contribution >= 0.6 is 0 Å². The highest BCUT2D eigenvalue weighted by Crippen LogP contribution is 2.20. The van der Waals surface area contributed by atoms with E-state index in [0.29, 0.717) is 12.0 Å². The van der Waals surface area contributed by atoms with Crippen LogP contribution in [0.5, 0.6) is 5.75 Å². The second-order valence-electron chi connectivity index (χ2n) is 3.07. The standard InChI is InChI=1S/C10H11FO2/c1-7(6-12)5-8-3-2-4-9(13)10(8)11/h2-4,6-7,13H,5H2,1H3. The van der Waals surface area contributed by atoms with E-state index in [4.69, 9.17) is 5.11 Å². The molecule has 1 aromatic rings. The monoisotopic (exact) mass is 182 g/mol. The topological polar surface area (TPSA) is 37.3 Å². The molecule has 0 aliphatic rings. The minimum atomic E-state index is -0.629. The van der Waals surface area contributed by atoms with E-state index in [1.54, 1.807) is 19.1 Å². The minimum absolute atomic E-state index is 0.226. The fraction of sp³-hybridized carbons (Fsp3) is 0.300. The number of carbonyl (C=O) groups is 1. The Morgan fingerprint density at radius 3 is 2.92 bits per heavy atom. The van der Waals surface area contributed by atoms with Gasteiger partial charge in [0, 0.05) is 5.92 Å². The van der Waals surface area contributed by atoms with Crippen molar-refractivity contribution in [3.63, 3.8) is 0 Å². The lowest BCUT2D eigenvalue weighted by Gasteiger charge is -2.05. The summed E-state index contributed by atoms with van der Waals surface area (Å²) in [5.41, 5.74) is 0.375. The molecule has 0 radical (unpaired) electrons. The lowest BCUT2D eigenvalue weighted by molar-refractivity contribution is -0.110. The number of aldehydes is 1. The Balaban J connectivity index is 2.88. The quantitative estimate of drug-likeness (QED) is 0.725. The van der Waals surface area contributed by atoms with Crippen molar-refractivity contribution in [3.8, 4) is 5.75 Å². The summed E-state index contributed by atoms with van der Waals surface area (Å²) in [6, 6.07) is 4.41. The fourth-order valence-corrected chi connectivity index (χ4v) is 1.12. The van der Waals surface area contributed by atoms with Gasteiger partial charge in [-0.2, -0.15) is 0 Å². The molecule has 0 heterocycles. The molecule has 0 bridgehead atoms. The van der Waals surface area contributed by atoms with Crippen LogP contribution in [0.25, 0.3) is 0 Å². The van der Waals surface area contributed by atoms with Crippen LogP contribution in [0.1, 0.15) is 12.5 Å². The average Bonchev–Trinajstić information content (AvgIpc) is 2.13. The van der Waals surface area contributed by atoms with Crippen LogP contribution in [0.3, 0.4) is 0 Å². The summed E-state index contributed by atoms with van der Waals surface area (Å²) in [6.07, 6.45) is 1.09. The van der Waals surface area contributed by atoms with Gasteiger partial charge < -0.3 is 9.90 Å². The summed E-state index contributed by atoms with van der Waals surface area (Å²) in [7, 11) is 0. The van der Waals surface area contributed by atoms with Crippen LogP contribution < -0.4 is 0 Å². The first-order valence-corrected chi connectivity index (χ1v) is 4.06. The third kappa shape index (κ3) is 2.28. The van der Waals surface area contributed by atoms with E-state index in [-0.39, 0.29) is 11.7 Å². The smallest absolute Gasteiger partial charge is 0.168 e. The van der Waals surface area contributed by atoms with Crippen molar-refractivity contribution in [1.82, 2.24) is 0 Å². The molecule has 0 aliphatic carbocycles. The molecule has 0 aromatic heterocycles. The van der Waals surface area contributed by atoms with Crippen molar-refractivity contribution < 1.29 is 14.3 Å². The first kappa shape index (κ1) is 9.71. The first-order valence-electron chi connectivity index (χ1n) is 4.06. The molecule has 1 rings (SSSR count). The molecule has 1 aromatic carbocycles. The molecule has 0 spiro atoms. The van der Waals surface area contributed by atoms with Gasteiger partial charge in [0.1, 0.15) is 6.29 Å². The van der Waals surface area contributed by atoms with Crippen LogP contribution in [-0.4, -0.2) is 11.4 Å². The zero-order chi connectivity index (χ0) is 9.84. The van der Waals surface area contributed by atoms with Gasteiger partial charge >= 0.3 is 0 Å². The van der Waals surface area contributed by atoms with E-state index < -0.39 is 5.82 Å². The Hall–Kier alpha value is -1.38. The second kappa shape index (κ2) is 4.03. The summed E-state index contributed by atoms with van der Waals surface area (Å²) in [5.74, 6) is -1.22. The molecule has 0 saturated heterocycles. The van der Waals surface area contributed by atoms with E-state index in [0.717, 1.165) is 6.29 Å². The van der Waals surface area contributed by atoms with E-state index in [1.165, 1.54) is 6.07 Å². The van der Waals surface area contributed by atoms with Gasteiger partial charge in [-0.25, -0.2) is 4.39 Å². The predicted octanol–water partition coefficient (Wildman–Crippen LogP) is 1.91. The summed E-state index contributed by atoms with van der Waals surface area (Å²) < 4.78 is 13.1. The summed E-state index contributed by atoms with van der Waals surface area (Å²) in [5, 5.41) is 9.02. The number of halogens is 1. The molecule has 70 valence electrons. The molecule has 0 amide bonds. The molecule has 3 heteroatoms. The molecule has 0 fully saturated rings. The highest BCUT2D eigenvalue weighted by molar-refractivity contribution is 5.53. The van der Waals surface area contributed by atoms with Crippen LogP contribution in [0.2, 0.25) is 0 Å². The first-order chi connectivity index (χ1) is 6.15. The van der Waals surface area contributed by atoms with Crippen molar-refractivity contribution in [1.29, 1.82) is 0 Å². The predicted molar refractivity (Wildman–Crippen MR) is 47.0 cm³/mol. The number of benzene rings is 1. The van der Waals surface area contributed by atoms with E-state index in [1.807, 2.05) is 0 Å². The van der Waals surface area contributed by atoms with Crippen LogP contribution in [0.4, 0.5) is 4.39 Å². The maximum atomic E-state index is 13.1. The Kier molecular flexibility index (Phi) is 3.01. The Morgan fingerprint density at radius 2 is 2.31 bits per heavy atom. The zero-order valence-electron chi connectivity index (χ0n) is 7.33. The van der Waals surface area contributed by atoms with E-state index >= 15 is 0 Å². The number of hydrogen-bond donors (Lipinski definition) is 1. The maximum Gasteiger partial charge on any atom is 0.168 e. The van der Waals surface area contributed by atoms with Gasteiger partial charge in [0.05, 0.1) is 0 Å². The molecule has 2 nitrogen and oxygen atoms in total. The second-order valence-corrected chi connectivity index (χ2v) is 3.07. The number of phenolic OH excluding ortho intramolecular Hbond substituents is 1. The molecular formula is C10H11FO2. The molecule has 0 saturated carbocycles. The molecule has 13 heavy (non-hydrogen) atoms. The highest BCUT2D eigenvalue weighted by atomic mass is 19.1. The number of carbonyl (C=O) groups excluding carboxylic acids is 1. The fourth-order valence-electron chi connectivity index (χ4n) is 1.12. The van der Waals surface area contributed by atoms with Gasteiger partial charge in [0.15, 0.2) is 11.6 Å². The third-order valence-corrected chi connectivity index (χ3v) is 1.83. The lowest BCUT2D eigenvalue weighted by atomic mass is 10.0. The van der Waals surface area contributed by atoms with Crippen LogP contribution in [0.15, 0.2) is 18.2 Å². The largest absolute Gasteiger partial charge is 0.505 e. The van der Waals surface area contributed by atoms with Gasteiger partial charge in [-0.05, 0) is 18.1 Å². The average molecular weight is 182 g/mol. The van der Waals surface area contributed by atoms with Gasteiger partial charge in [-0.1, -0.05) is 19.1 Å². The van der Waals surface area contributed by atoms with Crippen LogP contribution in [0, 0.1) is 11.7 Å². The van der Waals surface area contributed by atoms with Gasteiger partial charge in [-0.15, -0.1) is 0 Å². The van der Waals surface area contributed by atoms with Crippen molar-refractivity contribution in [2.24, 2.45) is 5.92 Å². The summed E-state index contributed by atoms with van der Waals surface area (Å²) >= 11 is 0. The van der Waals surface area contributed by atoms with Crippen molar-refractivity contribution in [2.75, 3.05) is 0 Å². The number of phenols is 1. The van der Waals surface area contributed by atoms with E-state index in [2.05, 4.69) is 0 Å². The highest BCUT2D eigenvalue weighted by Gasteiger charge is 2.09. The van der Waals surface area contributed by atoms with Crippen LogP contribution in [-0.2, 0) is 11.2 Å². The lowest BCUT2D eigenvalue weighted by Crippen LogP contribution is -2.02. The number of rotatable bonds is 3. The number of aromatic hydroxyl groups is 1. The Labute approximate surface area is 76.0 Å². The molecular weight excluding hydrogens is 171 g/mol. The maximum absolute atomic E-state index is 13.1. The van der Waals surface area contributed by atoms with Crippen molar-refractivity contribution >= 4 is 6.29 Å². The Morgan fingerprint density at radius 1 is 1.62 bits per heavy atom. The minimum Gasteiger partial charge on any atom is -0.505 e. The van der Waals surface area contributed by atoms with Gasteiger partial charge in [0.25, 0.3) is 0 Å². The summed E-state index contributed by atoms with van der Waals surface area (Å²) in [6.45, 7) is 1.70. The van der Waals surface area contributed by atoms with Crippen molar-refractivity contribution in [2.45, 2.75) is 13.3 Å². The van der Waals surface area contributed by atoms with Gasteiger partial charge in [-0.3, -0.25) is 0 Å². The Bertz CT molecular complexity index is 310. The van der Waals surface area contributed by atoms with Crippen molar-refractivity contribution in [3.05, 3.63) is 29.6 Å². The van der Waals surface area contributed by atoms with E-state index in [9.17, 15) is 9.18 Å². The zero-order valence-corrected chi connectivity index (χ0v) is 7.33. The summed E-state index contributed by atoms with van der Waals surface area (Å²) in [4.78, 5) is 10.3. The molecule has 1 N–H and O–H groups in total. The normalized spacial score (nSPS) is 12.5. The third-order valence-electron chi connectivity index (χ3n) is 1.83. The molecule has 0 aliphatic heterocycles. The molecule has 1 atom stereocenters. The number of hydrogen-bond acceptors (Lipinski definition) is 2. The SMILES string of the molecule is CC(C=O)Cc1cccc(O)c1F. The van der Waals surface area contributed by atoms with Gasteiger partial charge in [0.2, 0.25) is 0 Å².